The molecule has 4 heteroatoms. The summed E-state index contributed by atoms with van der Waals surface area (Å²) in [6, 6.07) is -0.567. The Morgan fingerprint density at radius 3 is 2.28 bits per heavy atom. The first-order chi connectivity index (χ1) is 8.43. The van der Waals surface area contributed by atoms with Crippen molar-refractivity contribution < 1.29 is 9.59 Å². The normalized spacial score (nSPS) is 26.4. The van der Waals surface area contributed by atoms with Gasteiger partial charge >= 0.3 is 0 Å². The Balaban J connectivity index is 2.99. The minimum atomic E-state index is -0.329. The third-order valence-electron chi connectivity index (χ3n) is 3.75. The van der Waals surface area contributed by atoms with Crippen LogP contribution >= 0.6 is 0 Å². The van der Waals surface area contributed by atoms with Gasteiger partial charge in [0.15, 0.2) is 0 Å². The minimum Gasteiger partial charge on any atom is -0.342 e. The molecule has 3 atom stereocenters. The van der Waals surface area contributed by atoms with E-state index in [1.165, 1.54) is 0 Å². The summed E-state index contributed by atoms with van der Waals surface area (Å²) in [5, 5.41) is 2.89. The number of carbonyl (C=O) groups is 2. The molecule has 1 heterocycles. The third kappa shape index (κ3) is 2.85. The third-order valence-corrected chi connectivity index (χ3v) is 3.75. The monoisotopic (exact) mass is 254 g/mol. The SMILES string of the molecule is CCCC1NC(=O)C(C(C)CC)N(C(C)C)C1=O. The molecule has 0 aromatic heterocycles. The number of piperazine rings is 1. The van der Waals surface area contributed by atoms with Gasteiger partial charge in [-0.1, -0.05) is 33.6 Å². The maximum Gasteiger partial charge on any atom is 0.246 e. The van der Waals surface area contributed by atoms with Gasteiger partial charge in [0.25, 0.3) is 0 Å². The quantitative estimate of drug-likeness (QED) is 0.815. The van der Waals surface area contributed by atoms with Crippen molar-refractivity contribution in [1.82, 2.24) is 10.2 Å². The average Bonchev–Trinajstić information content (AvgIpc) is 2.31. The summed E-state index contributed by atoms with van der Waals surface area (Å²) in [5.41, 5.74) is 0. The average molecular weight is 254 g/mol. The van der Waals surface area contributed by atoms with E-state index in [2.05, 4.69) is 12.2 Å². The van der Waals surface area contributed by atoms with Crippen LogP contribution in [0.4, 0.5) is 0 Å². The number of amides is 2. The molecule has 0 saturated carbocycles. The number of hydrogen-bond donors (Lipinski definition) is 1. The molecule has 0 aromatic rings. The fourth-order valence-corrected chi connectivity index (χ4v) is 2.58. The Bertz CT molecular complexity index is 315. The first-order valence-electron chi connectivity index (χ1n) is 7.06. The highest BCUT2D eigenvalue weighted by Crippen LogP contribution is 2.23. The topological polar surface area (TPSA) is 49.4 Å². The molecule has 0 aliphatic carbocycles. The maximum atomic E-state index is 12.4. The maximum absolute atomic E-state index is 12.4. The molecule has 1 N–H and O–H groups in total. The number of carbonyl (C=O) groups excluding carboxylic acids is 2. The summed E-state index contributed by atoms with van der Waals surface area (Å²) < 4.78 is 0. The predicted octanol–water partition coefficient (Wildman–Crippen LogP) is 1.94. The molecule has 0 aromatic carbocycles. The molecule has 0 spiro atoms. The predicted molar refractivity (Wildman–Crippen MR) is 72.1 cm³/mol. The molecule has 4 nitrogen and oxygen atoms in total. The molecule has 0 bridgehead atoms. The van der Waals surface area contributed by atoms with Crippen LogP contribution in [-0.4, -0.2) is 34.8 Å². The van der Waals surface area contributed by atoms with Crippen molar-refractivity contribution in [3.63, 3.8) is 0 Å². The van der Waals surface area contributed by atoms with E-state index in [0.717, 1.165) is 19.3 Å². The van der Waals surface area contributed by atoms with Gasteiger partial charge in [0.1, 0.15) is 12.1 Å². The molecule has 104 valence electrons. The highest BCUT2D eigenvalue weighted by atomic mass is 16.2. The van der Waals surface area contributed by atoms with Crippen LogP contribution in [0.5, 0.6) is 0 Å². The highest BCUT2D eigenvalue weighted by molar-refractivity contribution is 5.97. The molecule has 2 amide bonds. The van der Waals surface area contributed by atoms with Crippen LogP contribution in [0.3, 0.4) is 0 Å². The molecule has 1 fully saturated rings. The molecule has 1 aliphatic heterocycles. The summed E-state index contributed by atoms with van der Waals surface area (Å²) in [4.78, 5) is 26.5. The van der Waals surface area contributed by atoms with Crippen LogP contribution in [0.25, 0.3) is 0 Å². The lowest BCUT2D eigenvalue weighted by molar-refractivity contribution is -0.153. The van der Waals surface area contributed by atoms with Gasteiger partial charge < -0.3 is 10.2 Å². The van der Waals surface area contributed by atoms with Crippen LogP contribution in [0, 0.1) is 5.92 Å². The fourth-order valence-electron chi connectivity index (χ4n) is 2.58. The van der Waals surface area contributed by atoms with E-state index in [4.69, 9.17) is 0 Å². The first kappa shape index (κ1) is 15.0. The van der Waals surface area contributed by atoms with E-state index in [-0.39, 0.29) is 35.9 Å². The van der Waals surface area contributed by atoms with Crippen molar-refractivity contribution in [3.05, 3.63) is 0 Å². The largest absolute Gasteiger partial charge is 0.342 e. The van der Waals surface area contributed by atoms with Gasteiger partial charge in [-0.05, 0) is 26.2 Å². The molecule has 1 saturated heterocycles. The second-order valence-electron chi connectivity index (χ2n) is 5.52. The second-order valence-corrected chi connectivity index (χ2v) is 5.52. The summed E-state index contributed by atoms with van der Waals surface area (Å²) in [5.74, 6) is 0.284. The van der Waals surface area contributed by atoms with Crippen molar-refractivity contribution in [2.45, 2.75) is 72.0 Å². The zero-order valence-electron chi connectivity index (χ0n) is 12.2. The lowest BCUT2D eigenvalue weighted by Crippen LogP contribution is -2.66. The number of rotatable bonds is 5. The van der Waals surface area contributed by atoms with E-state index in [9.17, 15) is 9.59 Å². The van der Waals surface area contributed by atoms with Crippen molar-refractivity contribution >= 4 is 11.8 Å². The highest BCUT2D eigenvalue weighted by Gasteiger charge is 2.43. The van der Waals surface area contributed by atoms with E-state index >= 15 is 0 Å². The molecule has 1 aliphatic rings. The molecule has 18 heavy (non-hydrogen) atoms. The first-order valence-corrected chi connectivity index (χ1v) is 7.06. The summed E-state index contributed by atoms with van der Waals surface area (Å²) >= 11 is 0. The molecule has 3 unspecified atom stereocenters. The number of nitrogens with one attached hydrogen (secondary N) is 1. The van der Waals surface area contributed by atoms with Crippen LogP contribution in [-0.2, 0) is 9.59 Å². The summed E-state index contributed by atoms with van der Waals surface area (Å²) in [6.07, 6.45) is 2.52. The Hall–Kier alpha value is -1.06. The van der Waals surface area contributed by atoms with Crippen molar-refractivity contribution in [2.24, 2.45) is 5.92 Å². The van der Waals surface area contributed by atoms with E-state index in [1.807, 2.05) is 27.7 Å². The van der Waals surface area contributed by atoms with Gasteiger partial charge in [-0.3, -0.25) is 9.59 Å². The van der Waals surface area contributed by atoms with Gasteiger partial charge in [0.2, 0.25) is 11.8 Å². The molecular formula is C14H26N2O2. The van der Waals surface area contributed by atoms with Crippen molar-refractivity contribution in [3.8, 4) is 0 Å². The lowest BCUT2D eigenvalue weighted by atomic mass is 9.91. The van der Waals surface area contributed by atoms with E-state index < -0.39 is 0 Å². The molecule has 0 radical (unpaired) electrons. The second kappa shape index (κ2) is 6.21. The Labute approximate surface area is 110 Å². The van der Waals surface area contributed by atoms with E-state index in [0.29, 0.717) is 0 Å². The van der Waals surface area contributed by atoms with Gasteiger partial charge in [0, 0.05) is 6.04 Å². The van der Waals surface area contributed by atoms with Gasteiger partial charge in [-0.25, -0.2) is 0 Å². The number of hydrogen-bond acceptors (Lipinski definition) is 2. The van der Waals surface area contributed by atoms with Crippen LogP contribution in [0.15, 0.2) is 0 Å². The summed E-state index contributed by atoms with van der Waals surface area (Å²) in [6.45, 7) is 10.1. The van der Waals surface area contributed by atoms with Crippen LogP contribution < -0.4 is 5.32 Å². The zero-order valence-corrected chi connectivity index (χ0v) is 12.2. The Morgan fingerprint density at radius 1 is 1.22 bits per heavy atom. The smallest absolute Gasteiger partial charge is 0.246 e. The minimum absolute atomic E-state index is 0.0103. The van der Waals surface area contributed by atoms with Gasteiger partial charge in [-0.2, -0.15) is 0 Å². The Kier molecular flexibility index (Phi) is 5.17. The van der Waals surface area contributed by atoms with Crippen LogP contribution in [0.2, 0.25) is 0 Å². The van der Waals surface area contributed by atoms with Gasteiger partial charge in [0.05, 0.1) is 0 Å². The van der Waals surface area contributed by atoms with Gasteiger partial charge in [-0.15, -0.1) is 0 Å². The standard InChI is InChI=1S/C14H26N2O2/c1-6-8-11-14(18)16(9(3)4)12(10(5)7-2)13(17)15-11/h9-12H,6-8H2,1-5H3,(H,15,17). The zero-order chi connectivity index (χ0) is 13.9. The van der Waals surface area contributed by atoms with Crippen molar-refractivity contribution in [2.75, 3.05) is 0 Å². The molecule has 1 rings (SSSR count). The van der Waals surface area contributed by atoms with Crippen molar-refractivity contribution in [1.29, 1.82) is 0 Å². The molecular weight excluding hydrogens is 228 g/mol. The van der Waals surface area contributed by atoms with Crippen LogP contribution in [0.1, 0.15) is 53.9 Å². The van der Waals surface area contributed by atoms with E-state index in [1.54, 1.807) is 4.90 Å². The number of nitrogens with zero attached hydrogens (tertiary/aromatic N) is 1. The summed E-state index contributed by atoms with van der Waals surface area (Å²) in [7, 11) is 0. The Morgan fingerprint density at radius 2 is 1.83 bits per heavy atom. The lowest BCUT2D eigenvalue weighted by Gasteiger charge is -2.43. The fraction of sp³-hybridized carbons (Fsp3) is 0.857.